The number of carbonyl (C=O) groups excluding carboxylic acids is 2. The van der Waals surface area contributed by atoms with Crippen molar-refractivity contribution < 1.29 is 19.5 Å². The normalized spacial score (nSPS) is 25.1. The van der Waals surface area contributed by atoms with Crippen molar-refractivity contribution >= 4 is 17.7 Å². The van der Waals surface area contributed by atoms with E-state index in [1.54, 1.807) is 4.90 Å². The zero-order valence-electron chi connectivity index (χ0n) is 12.2. The molecule has 2 rings (SSSR count). The van der Waals surface area contributed by atoms with E-state index in [9.17, 15) is 14.4 Å². The van der Waals surface area contributed by atoms with Gasteiger partial charge in [0.1, 0.15) is 5.78 Å². The van der Waals surface area contributed by atoms with E-state index in [0.29, 0.717) is 6.54 Å². The zero-order chi connectivity index (χ0) is 15.6. The number of hydrogen-bond acceptors (Lipinski definition) is 3. The Morgan fingerprint density at radius 1 is 1.24 bits per heavy atom. The molecule has 0 saturated carbocycles. The van der Waals surface area contributed by atoms with Crippen LogP contribution in [0.15, 0.2) is 30.3 Å². The van der Waals surface area contributed by atoms with Gasteiger partial charge in [0.2, 0.25) is 5.91 Å². The van der Waals surface area contributed by atoms with Gasteiger partial charge in [-0.15, -0.1) is 0 Å². The van der Waals surface area contributed by atoms with Crippen LogP contribution in [-0.4, -0.2) is 33.7 Å². The van der Waals surface area contributed by atoms with Gasteiger partial charge < -0.3 is 10.0 Å². The first-order valence-electron chi connectivity index (χ1n) is 6.98. The molecule has 5 nitrogen and oxygen atoms in total. The van der Waals surface area contributed by atoms with Crippen LogP contribution in [0.1, 0.15) is 25.8 Å². The molecule has 3 unspecified atom stereocenters. The molecule has 1 amide bonds. The third kappa shape index (κ3) is 3.12. The van der Waals surface area contributed by atoms with Crippen LogP contribution in [0.3, 0.4) is 0 Å². The molecule has 21 heavy (non-hydrogen) atoms. The number of carbonyl (C=O) groups is 3. The Bertz CT molecular complexity index is 555. The minimum atomic E-state index is -1.05. The Labute approximate surface area is 123 Å². The second-order valence-corrected chi connectivity index (χ2v) is 5.53. The number of rotatable bonds is 5. The highest BCUT2D eigenvalue weighted by molar-refractivity contribution is 5.93. The molecule has 1 heterocycles. The van der Waals surface area contributed by atoms with Crippen molar-refractivity contribution in [3.8, 4) is 0 Å². The monoisotopic (exact) mass is 289 g/mol. The molecule has 1 saturated heterocycles. The third-order valence-electron chi connectivity index (χ3n) is 4.10. The molecule has 3 atom stereocenters. The summed E-state index contributed by atoms with van der Waals surface area (Å²) < 4.78 is 0. The SMILES string of the molecule is CC(=O)C1C(CC(=O)O)C(=O)N(Cc2ccccc2)C1C. The van der Waals surface area contributed by atoms with Gasteiger partial charge in [-0.1, -0.05) is 30.3 Å². The van der Waals surface area contributed by atoms with Crippen LogP contribution in [0.25, 0.3) is 0 Å². The van der Waals surface area contributed by atoms with Gasteiger partial charge in [0.05, 0.1) is 12.3 Å². The topological polar surface area (TPSA) is 74.7 Å². The fourth-order valence-electron chi connectivity index (χ4n) is 3.12. The average molecular weight is 289 g/mol. The summed E-state index contributed by atoms with van der Waals surface area (Å²) in [6.07, 6.45) is -0.293. The number of Topliss-reactive ketones (excluding diaryl/α,β-unsaturated/α-hetero) is 1. The Morgan fingerprint density at radius 2 is 1.86 bits per heavy atom. The molecule has 0 bridgehead atoms. The number of aliphatic carboxylic acids is 1. The Hall–Kier alpha value is -2.17. The summed E-state index contributed by atoms with van der Waals surface area (Å²) in [5, 5.41) is 8.97. The zero-order valence-corrected chi connectivity index (χ0v) is 12.2. The molecule has 1 fully saturated rings. The predicted octanol–water partition coefficient (Wildman–Crippen LogP) is 1.71. The summed E-state index contributed by atoms with van der Waals surface area (Å²) in [5.41, 5.74) is 0.968. The van der Waals surface area contributed by atoms with E-state index in [1.807, 2.05) is 37.3 Å². The van der Waals surface area contributed by atoms with Gasteiger partial charge in [0.15, 0.2) is 0 Å². The van der Waals surface area contributed by atoms with Crippen LogP contribution < -0.4 is 0 Å². The third-order valence-corrected chi connectivity index (χ3v) is 4.10. The molecule has 1 N–H and O–H groups in total. The maximum atomic E-state index is 12.5. The first kappa shape index (κ1) is 15.2. The van der Waals surface area contributed by atoms with Crippen molar-refractivity contribution in [1.29, 1.82) is 0 Å². The summed E-state index contributed by atoms with van der Waals surface area (Å²) >= 11 is 0. The number of carboxylic acids is 1. The van der Waals surface area contributed by atoms with Crippen LogP contribution in [0, 0.1) is 11.8 Å². The minimum absolute atomic E-state index is 0.127. The fraction of sp³-hybridized carbons (Fsp3) is 0.438. The molecule has 0 aromatic heterocycles. The van der Waals surface area contributed by atoms with Crippen molar-refractivity contribution in [2.75, 3.05) is 0 Å². The number of likely N-dealkylation sites (tertiary alicyclic amines) is 1. The molecule has 1 aliphatic rings. The van der Waals surface area contributed by atoms with Crippen LogP contribution in [-0.2, 0) is 20.9 Å². The van der Waals surface area contributed by atoms with E-state index in [4.69, 9.17) is 5.11 Å². The van der Waals surface area contributed by atoms with Crippen LogP contribution in [0.4, 0.5) is 0 Å². The molecule has 1 aliphatic heterocycles. The van der Waals surface area contributed by atoms with Gasteiger partial charge in [0, 0.05) is 18.5 Å². The summed E-state index contributed by atoms with van der Waals surface area (Å²) in [4.78, 5) is 36.9. The molecule has 0 spiro atoms. The highest BCUT2D eigenvalue weighted by Crippen LogP contribution is 2.35. The highest BCUT2D eigenvalue weighted by Gasteiger charge is 2.48. The lowest BCUT2D eigenvalue weighted by atomic mass is 9.85. The lowest BCUT2D eigenvalue weighted by Gasteiger charge is -2.23. The van der Waals surface area contributed by atoms with Crippen molar-refractivity contribution in [1.82, 2.24) is 4.90 Å². The smallest absolute Gasteiger partial charge is 0.304 e. The standard InChI is InChI=1S/C16H19NO4/c1-10-15(11(2)18)13(8-14(19)20)16(21)17(10)9-12-6-4-3-5-7-12/h3-7,10,13,15H,8-9H2,1-2H3,(H,19,20). The van der Waals surface area contributed by atoms with Crippen LogP contribution >= 0.6 is 0 Å². The number of amides is 1. The lowest BCUT2D eigenvalue weighted by molar-refractivity contribution is -0.143. The van der Waals surface area contributed by atoms with Crippen molar-refractivity contribution in [3.05, 3.63) is 35.9 Å². The van der Waals surface area contributed by atoms with Crippen molar-refractivity contribution in [2.24, 2.45) is 11.8 Å². The van der Waals surface area contributed by atoms with Crippen molar-refractivity contribution in [2.45, 2.75) is 32.9 Å². The number of benzene rings is 1. The van der Waals surface area contributed by atoms with Crippen LogP contribution in [0.2, 0.25) is 0 Å². The quantitative estimate of drug-likeness (QED) is 0.895. The maximum Gasteiger partial charge on any atom is 0.304 e. The van der Waals surface area contributed by atoms with Crippen LogP contribution in [0.5, 0.6) is 0 Å². The Morgan fingerprint density at radius 3 is 2.38 bits per heavy atom. The second kappa shape index (κ2) is 6.08. The first-order valence-corrected chi connectivity index (χ1v) is 6.98. The molecule has 5 heteroatoms. The Kier molecular flexibility index (Phi) is 4.40. The molecule has 0 aliphatic carbocycles. The number of nitrogens with zero attached hydrogens (tertiary/aromatic N) is 1. The molecular weight excluding hydrogens is 270 g/mol. The number of ketones is 1. The molecule has 0 radical (unpaired) electrons. The van der Waals surface area contributed by atoms with E-state index in [1.165, 1.54) is 6.92 Å². The number of hydrogen-bond donors (Lipinski definition) is 1. The second-order valence-electron chi connectivity index (χ2n) is 5.53. The average Bonchev–Trinajstić information content (AvgIpc) is 2.64. The summed E-state index contributed by atoms with van der Waals surface area (Å²) in [5.74, 6) is -2.71. The molecule has 1 aromatic carbocycles. The van der Waals surface area contributed by atoms with Crippen molar-refractivity contribution in [3.63, 3.8) is 0 Å². The molecule has 112 valence electrons. The van der Waals surface area contributed by atoms with E-state index in [0.717, 1.165) is 5.56 Å². The van der Waals surface area contributed by atoms with E-state index in [2.05, 4.69) is 0 Å². The molecule has 1 aromatic rings. The summed E-state index contributed by atoms with van der Waals surface area (Å²) in [6.45, 7) is 3.64. The van der Waals surface area contributed by atoms with Gasteiger partial charge in [-0.25, -0.2) is 0 Å². The largest absolute Gasteiger partial charge is 0.481 e. The van der Waals surface area contributed by atoms with E-state index in [-0.39, 0.29) is 24.2 Å². The lowest BCUT2D eigenvalue weighted by Crippen LogP contribution is -2.33. The Balaban J connectivity index is 2.24. The summed E-state index contributed by atoms with van der Waals surface area (Å²) in [6, 6.07) is 9.21. The fourth-order valence-corrected chi connectivity index (χ4v) is 3.12. The predicted molar refractivity (Wildman–Crippen MR) is 76.4 cm³/mol. The summed E-state index contributed by atoms with van der Waals surface area (Å²) in [7, 11) is 0. The molecular formula is C16H19NO4. The van der Waals surface area contributed by atoms with E-state index < -0.39 is 17.8 Å². The van der Waals surface area contributed by atoms with Gasteiger partial charge in [-0.2, -0.15) is 0 Å². The maximum absolute atomic E-state index is 12.5. The van der Waals surface area contributed by atoms with Gasteiger partial charge in [-0.3, -0.25) is 14.4 Å². The first-order chi connectivity index (χ1) is 9.91. The van der Waals surface area contributed by atoms with Gasteiger partial charge in [0.25, 0.3) is 0 Å². The number of carboxylic acid groups (broad SMARTS) is 1. The van der Waals surface area contributed by atoms with Gasteiger partial charge >= 0.3 is 5.97 Å². The highest BCUT2D eigenvalue weighted by atomic mass is 16.4. The van der Waals surface area contributed by atoms with Gasteiger partial charge in [-0.05, 0) is 19.4 Å². The van der Waals surface area contributed by atoms with E-state index >= 15 is 0 Å². The minimum Gasteiger partial charge on any atom is -0.481 e.